The number of aryl methyl sites for hydroxylation is 1. The number of carbonyl (C=O) groups is 2. The molecule has 0 amide bonds. The molecule has 0 unspecified atom stereocenters. The first-order chi connectivity index (χ1) is 7.59. The van der Waals surface area contributed by atoms with Crippen LogP contribution in [-0.4, -0.2) is 30.8 Å². The molecular formula is C13H15LiO3. The van der Waals surface area contributed by atoms with Gasteiger partial charge in [-0.05, 0) is 18.9 Å². The first-order valence-electron chi connectivity index (χ1n) is 5.04. The summed E-state index contributed by atoms with van der Waals surface area (Å²) in [4.78, 5) is 22.3. The van der Waals surface area contributed by atoms with E-state index in [1.807, 2.05) is 30.3 Å². The van der Waals surface area contributed by atoms with E-state index >= 15 is 0 Å². The van der Waals surface area contributed by atoms with Gasteiger partial charge in [-0.15, -0.1) is 0 Å². The Morgan fingerprint density at radius 1 is 1.24 bits per heavy atom. The first kappa shape index (κ1) is 15.7. The monoisotopic (exact) mass is 226 g/mol. The number of rotatable bonds is 4. The molecule has 3 nitrogen and oxygen atoms in total. The summed E-state index contributed by atoms with van der Waals surface area (Å²) >= 11 is 0. The van der Waals surface area contributed by atoms with Crippen molar-refractivity contribution in [2.75, 3.05) is 0 Å². The van der Waals surface area contributed by atoms with E-state index in [2.05, 4.69) is 11.3 Å². The Kier molecular flexibility index (Phi) is 7.28. The summed E-state index contributed by atoms with van der Waals surface area (Å²) in [5.74, 6) is -1.17. The maximum atomic E-state index is 11.2. The van der Waals surface area contributed by atoms with Crippen LogP contribution in [-0.2, 0) is 20.7 Å². The summed E-state index contributed by atoms with van der Waals surface area (Å²) in [6, 6.07) is 9.56. The predicted octanol–water partition coefficient (Wildman–Crippen LogP) is 1.62. The molecule has 0 heterocycles. The molecule has 86 valence electrons. The van der Waals surface area contributed by atoms with Crippen LogP contribution in [0.5, 0.6) is 0 Å². The third-order valence-corrected chi connectivity index (χ3v) is 2.02. The second-order valence-corrected chi connectivity index (χ2v) is 3.53. The fourth-order valence-electron chi connectivity index (χ4n) is 1.13. The van der Waals surface area contributed by atoms with Crippen molar-refractivity contribution in [1.82, 2.24) is 0 Å². The van der Waals surface area contributed by atoms with Crippen LogP contribution >= 0.6 is 0 Å². The average Bonchev–Trinajstić information content (AvgIpc) is 2.27. The normalized spacial score (nSPS) is 9.00. The number of benzene rings is 1. The van der Waals surface area contributed by atoms with Gasteiger partial charge in [0, 0.05) is 5.57 Å². The van der Waals surface area contributed by atoms with Crippen LogP contribution in [0.25, 0.3) is 0 Å². The molecule has 0 aromatic heterocycles. The Morgan fingerprint density at radius 3 is 2.35 bits per heavy atom. The van der Waals surface area contributed by atoms with Gasteiger partial charge in [0.15, 0.2) is 0 Å². The van der Waals surface area contributed by atoms with E-state index in [0.29, 0.717) is 6.42 Å². The van der Waals surface area contributed by atoms with Crippen LogP contribution < -0.4 is 0 Å². The van der Waals surface area contributed by atoms with Gasteiger partial charge < -0.3 is 4.74 Å². The Morgan fingerprint density at radius 2 is 1.82 bits per heavy atom. The van der Waals surface area contributed by atoms with Crippen molar-refractivity contribution in [3.63, 3.8) is 0 Å². The van der Waals surface area contributed by atoms with Gasteiger partial charge in [0.25, 0.3) is 0 Å². The van der Waals surface area contributed by atoms with Crippen LogP contribution in [0.15, 0.2) is 42.5 Å². The van der Waals surface area contributed by atoms with E-state index in [9.17, 15) is 9.59 Å². The van der Waals surface area contributed by atoms with E-state index in [1.54, 1.807) is 0 Å². The maximum absolute atomic E-state index is 11.2. The molecule has 0 spiro atoms. The van der Waals surface area contributed by atoms with Gasteiger partial charge in [-0.2, -0.15) is 0 Å². The zero-order valence-electron chi connectivity index (χ0n) is 9.23. The Hall–Kier alpha value is -1.30. The minimum atomic E-state index is -0.655. The van der Waals surface area contributed by atoms with Crippen molar-refractivity contribution in [1.29, 1.82) is 0 Å². The van der Waals surface area contributed by atoms with Crippen LogP contribution in [0.1, 0.15) is 18.9 Å². The molecule has 0 N–H and O–H groups in total. The van der Waals surface area contributed by atoms with E-state index < -0.39 is 11.9 Å². The predicted molar refractivity (Wildman–Crippen MR) is 67.8 cm³/mol. The Bertz CT molecular complexity index is 398. The van der Waals surface area contributed by atoms with E-state index in [0.717, 1.165) is 5.56 Å². The van der Waals surface area contributed by atoms with Gasteiger partial charge in [-0.3, -0.25) is 4.79 Å². The molecule has 0 bridgehead atoms. The van der Waals surface area contributed by atoms with Crippen LogP contribution in [0, 0.1) is 0 Å². The molecule has 1 rings (SSSR count). The van der Waals surface area contributed by atoms with Crippen molar-refractivity contribution in [3.8, 4) is 0 Å². The van der Waals surface area contributed by atoms with Crippen molar-refractivity contribution in [3.05, 3.63) is 48.0 Å². The van der Waals surface area contributed by atoms with Crippen LogP contribution in [0.2, 0.25) is 0 Å². The molecule has 17 heavy (non-hydrogen) atoms. The van der Waals surface area contributed by atoms with Gasteiger partial charge in [0.2, 0.25) is 0 Å². The van der Waals surface area contributed by atoms with E-state index in [-0.39, 0.29) is 30.9 Å². The van der Waals surface area contributed by atoms with Crippen molar-refractivity contribution < 1.29 is 14.3 Å². The number of esters is 2. The Labute approximate surface area is 113 Å². The molecule has 0 saturated heterocycles. The molecule has 0 radical (unpaired) electrons. The number of ether oxygens (including phenoxy) is 1. The van der Waals surface area contributed by atoms with Gasteiger partial charge in [0.05, 0.1) is 6.42 Å². The second kappa shape index (κ2) is 7.89. The van der Waals surface area contributed by atoms with Gasteiger partial charge in [0.1, 0.15) is 0 Å². The van der Waals surface area contributed by atoms with Crippen molar-refractivity contribution >= 4 is 30.8 Å². The average molecular weight is 226 g/mol. The second-order valence-electron chi connectivity index (χ2n) is 3.53. The summed E-state index contributed by atoms with van der Waals surface area (Å²) in [7, 11) is 0. The summed E-state index contributed by atoms with van der Waals surface area (Å²) in [5.41, 5.74) is 1.27. The molecule has 0 fully saturated rings. The van der Waals surface area contributed by atoms with Gasteiger partial charge >= 0.3 is 30.8 Å². The van der Waals surface area contributed by atoms with Gasteiger partial charge in [-0.1, -0.05) is 36.9 Å². The van der Waals surface area contributed by atoms with E-state index in [1.165, 1.54) is 6.92 Å². The number of hydrogen-bond acceptors (Lipinski definition) is 3. The summed E-state index contributed by atoms with van der Waals surface area (Å²) in [6.07, 6.45) is 0.770. The van der Waals surface area contributed by atoms with Crippen LogP contribution in [0.3, 0.4) is 0 Å². The topological polar surface area (TPSA) is 43.4 Å². The van der Waals surface area contributed by atoms with E-state index in [4.69, 9.17) is 0 Å². The van der Waals surface area contributed by atoms with Crippen molar-refractivity contribution in [2.24, 2.45) is 0 Å². The number of hydrogen-bond donors (Lipinski definition) is 0. The molecule has 1 aromatic carbocycles. The Balaban J connectivity index is 0.00000256. The molecule has 0 atom stereocenters. The summed E-state index contributed by atoms with van der Waals surface area (Å²) in [6.45, 7) is 4.91. The quantitative estimate of drug-likeness (QED) is 0.339. The third kappa shape index (κ3) is 6.11. The number of carbonyl (C=O) groups excluding carboxylic acids is 2. The van der Waals surface area contributed by atoms with Crippen molar-refractivity contribution in [2.45, 2.75) is 19.8 Å². The molecular weight excluding hydrogens is 211 g/mol. The zero-order valence-corrected chi connectivity index (χ0v) is 9.23. The molecule has 4 heteroatoms. The fourth-order valence-corrected chi connectivity index (χ4v) is 1.13. The molecule has 0 aliphatic rings. The first-order valence-corrected chi connectivity index (χ1v) is 5.04. The standard InChI is InChI=1S/C13H14O3.Li.H/c1-10(2)13(15)16-12(14)9-8-11-6-4-3-5-7-11;;/h3-7H,1,8-9H2,2H3;;. The summed E-state index contributed by atoms with van der Waals surface area (Å²) < 4.78 is 4.56. The minimum absolute atomic E-state index is 0. The molecule has 0 aliphatic carbocycles. The zero-order chi connectivity index (χ0) is 12.0. The molecule has 0 aliphatic heterocycles. The SMILES string of the molecule is C=C(C)C(=O)OC(=O)CCc1ccccc1.[LiH]. The third-order valence-electron chi connectivity index (χ3n) is 2.02. The molecule has 1 aromatic rings. The summed E-state index contributed by atoms with van der Waals surface area (Å²) in [5, 5.41) is 0. The fraction of sp³-hybridized carbons (Fsp3) is 0.231. The van der Waals surface area contributed by atoms with Gasteiger partial charge in [-0.25, -0.2) is 4.79 Å². The molecule has 0 saturated carbocycles. The van der Waals surface area contributed by atoms with Crippen LogP contribution in [0.4, 0.5) is 0 Å².